The fraction of sp³-hybridized carbons (Fsp3) is 0.643. The van der Waals surface area contributed by atoms with E-state index in [1.54, 1.807) is 0 Å². The largest absolute Gasteiger partial charge is 0.0628 e. The predicted octanol–water partition coefficient (Wildman–Crippen LogP) is 8.76. The first-order chi connectivity index (χ1) is 12.9. The standard InChI is InChI=1S/C28H44/c1-19(2)15-21(5)27(7,8)25-13-11-23-12-14-26(18-24(23)17-25)28(9,10)22(6)16-20(3)4/h11-14,17-22H,15-16H2,1-10H3. The summed E-state index contributed by atoms with van der Waals surface area (Å²) in [5.41, 5.74) is 3.32. The summed E-state index contributed by atoms with van der Waals surface area (Å²) in [5, 5.41) is 2.75. The first-order valence-corrected chi connectivity index (χ1v) is 11.4. The van der Waals surface area contributed by atoms with Crippen molar-refractivity contribution >= 4 is 10.8 Å². The molecule has 0 spiro atoms. The smallest absolute Gasteiger partial charge is 0.00776 e. The molecule has 0 heterocycles. The van der Waals surface area contributed by atoms with Crippen LogP contribution in [-0.2, 0) is 10.8 Å². The molecule has 2 aromatic rings. The van der Waals surface area contributed by atoms with Crippen LogP contribution in [0, 0.1) is 23.7 Å². The van der Waals surface area contributed by atoms with E-state index in [-0.39, 0.29) is 10.8 Å². The van der Waals surface area contributed by atoms with Gasteiger partial charge in [0.05, 0.1) is 0 Å². The van der Waals surface area contributed by atoms with Gasteiger partial charge < -0.3 is 0 Å². The molecule has 0 bridgehead atoms. The Bertz CT molecular complexity index is 713. The Morgan fingerprint density at radius 1 is 0.571 bits per heavy atom. The average molecular weight is 381 g/mol. The Hall–Kier alpha value is -1.30. The molecule has 0 aromatic heterocycles. The molecule has 0 saturated heterocycles. The SMILES string of the molecule is CC(C)CC(C)C(C)(C)c1ccc2ccc(C(C)(C)C(C)CC(C)C)cc2c1. The van der Waals surface area contributed by atoms with Gasteiger partial charge in [-0.25, -0.2) is 0 Å². The molecule has 28 heavy (non-hydrogen) atoms. The van der Waals surface area contributed by atoms with Crippen LogP contribution in [0.3, 0.4) is 0 Å². The molecule has 156 valence electrons. The van der Waals surface area contributed by atoms with Gasteiger partial charge in [-0.2, -0.15) is 0 Å². The van der Waals surface area contributed by atoms with E-state index in [1.807, 2.05) is 0 Å². The molecular weight excluding hydrogens is 336 g/mol. The topological polar surface area (TPSA) is 0 Å². The fourth-order valence-electron chi connectivity index (χ4n) is 4.62. The molecular formula is C28H44. The van der Waals surface area contributed by atoms with Crippen LogP contribution < -0.4 is 0 Å². The zero-order valence-corrected chi connectivity index (χ0v) is 20.2. The van der Waals surface area contributed by atoms with Crippen LogP contribution in [0.5, 0.6) is 0 Å². The summed E-state index contributed by atoms with van der Waals surface area (Å²) in [7, 11) is 0. The van der Waals surface area contributed by atoms with E-state index in [0.29, 0.717) is 11.8 Å². The second-order valence-electron chi connectivity index (χ2n) is 11.3. The van der Waals surface area contributed by atoms with E-state index in [0.717, 1.165) is 11.8 Å². The summed E-state index contributed by atoms with van der Waals surface area (Å²) in [6, 6.07) is 14.3. The maximum absolute atomic E-state index is 2.46. The van der Waals surface area contributed by atoms with E-state index in [4.69, 9.17) is 0 Å². The minimum absolute atomic E-state index is 0.189. The minimum Gasteiger partial charge on any atom is -0.0628 e. The molecule has 2 atom stereocenters. The van der Waals surface area contributed by atoms with Gasteiger partial charge in [0.15, 0.2) is 0 Å². The van der Waals surface area contributed by atoms with Crippen molar-refractivity contribution < 1.29 is 0 Å². The van der Waals surface area contributed by atoms with Gasteiger partial charge >= 0.3 is 0 Å². The van der Waals surface area contributed by atoms with Crippen LogP contribution in [-0.4, -0.2) is 0 Å². The number of benzene rings is 2. The molecule has 0 radical (unpaired) electrons. The van der Waals surface area contributed by atoms with Crippen molar-refractivity contribution in [3.05, 3.63) is 47.5 Å². The highest BCUT2D eigenvalue weighted by Gasteiger charge is 2.30. The van der Waals surface area contributed by atoms with Crippen molar-refractivity contribution in [3.63, 3.8) is 0 Å². The van der Waals surface area contributed by atoms with E-state index < -0.39 is 0 Å². The molecule has 0 aliphatic rings. The maximum atomic E-state index is 2.46. The van der Waals surface area contributed by atoms with Crippen molar-refractivity contribution in [1.29, 1.82) is 0 Å². The van der Waals surface area contributed by atoms with Gasteiger partial charge in [0.25, 0.3) is 0 Å². The second kappa shape index (κ2) is 8.60. The van der Waals surface area contributed by atoms with Gasteiger partial charge in [-0.15, -0.1) is 0 Å². The first-order valence-electron chi connectivity index (χ1n) is 11.4. The van der Waals surface area contributed by atoms with Gasteiger partial charge in [-0.05, 0) is 69.2 Å². The zero-order chi connectivity index (χ0) is 21.3. The quantitative estimate of drug-likeness (QED) is 0.429. The molecule has 0 heteroatoms. The minimum atomic E-state index is 0.189. The normalized spacial score (nSPS) is 15.4. The Kier molecular flexibility index (Phi) is 7.06. The van der Waals surface area contributed by atoms with Gasteiger partial charge in [0.1, 0.15) is 0 Å². The van der Waals surface area contributed by atoms with Crippen molar-refractivity contribution in [3.8, 4) is 0 Å². The zero-order valence-electron chi connectivity index (χ0n) is 20.2. The summed E-state index contributed by atoms with van der Waals surface area (Å²) in [6.45, 7) is 23.8. The molecule has 0 aliphatic heterocycles. The van der Waals surface area contributed by atoms with Gasteiger partial charge in [-0.3, -0.25) is 0 Å². The van der Waals surface area contributed by atoms with Crippen LogP contribution in [0.1, 0.15) is 93.2 Å². The van der Waals surface area contributed by atoms with Crippen LogP contribution in [0.25, 0.3) is 10.8 Å². The molecule has 0 saturated carbocycles. The number of hydrogen-bond donors (Lipinski definition) is 0. The van der Waals surface area contributed by atoms with Gasteiger partial charge in [0, 0.05) is 0 Å². The molecule has 2 unspecified atom stereocenters. The lowest BCUT2D eigenvalue weighted by molar-refractivity contribution is 0.290. The van der Waals surface area contributed by atoms with Crippen molar-refractivity contribution in [2.24, 2.45) is 23.7 Å². The van der Waals surface area contributed by atoms with E-state index >= 15 is 0 Å². The third kappa shape index (κ3) is 5.00. The highest BCUT2D eigenvalue weighted by molar-refractivity contribution is 5.84. The van der Waals surface area contributed by atoms with Crippen LogP contribution in [0.4, 0.5) is 0 Å². The third-order valence-corrected chi connectivity index (χ3v) is 7.44. The highest BCUT2D eigenvalue weighted by atomic mass is 14.3. The molecule has 0 N–H and O–H groups in total. The van der Waals surface area contributed by atoms with E-state index in [2.05, 4.69) is 106 Å². The monoisotopic (exact) mass is 380 g/mol. The lowest BCUT2D eigenvalue weighted by atomic mass is 9.70. The molecule has 2 rings (SSSR count). The molecule has 0 aliphatic carbocycles. The summed E-state index contributed by atoms with van der Waals surface area (Å²) in [5.74, 6) is 2.81. The van der Waals surface area contributed by atoms with E-state index in [9.17, 15) is 0 Å². The fourth-order valence-corrected chi connectivity index (χ4v) is 4.62. The average Bonchev–Trinajstić information content (AvgIpc) is 2.59. The molecule has 0 fully saturated rings. The Morgan fingerprint density at radius 3 is 1.25 bits per heavy atom. The second-order valence-corrected chi connectivity index (χ2v) is 11.3. The Labute approximate surface area is 175 Å². The summed E-state index contributed by atoms with van der Waals surface area (Å²) < 4.78 is 0. The summed E-state index contributed by atoms with van der Waals surface area (Å²) in [4.78, 5) is 0. The van der Waals surface area contributed by atoms with Crippen LogP contribution in [0.15, 0.2) is 36.4 Å². The summed E-state index contributed by atoms with van der Waals surface area (Å²) >= 11 is 0. The third-order valence-electron chi connectivity index (χ3n) is 7.44. The summed E-state index contributed by atoms with van der Waals surface area (Å²) in [6.07, 6.45) is 2.54. The molecule has 0 nitrogen and oxygen atoms in total. The van der Waals surface area contributed by atoms with Crippen molar-refractivity contribution in [2.45, 2.75) is 92.9 Å². The molecule has 2 aromatic carbocycles. The van der Waals surface area contributed by atoms with Crippen molar-refractivity contribution in [2.75, 3.05) is 0 Å². The Morgan fingerprint density at radius 2 is 0.929 bits per heavy atom. The van der Waals surface area contributed by atoms with Crippen molar-refractivity contribution in [1.82, 2.24) is 0 Å². The van der Waals surface area contributed by atoms with E-state index in [1.165, 1.54) is 34.7 Å². The maximum Gasteiger partial charge on any atom is -0.00776 e. The lowest BCUT2D eigenvalue weighted by Gasteiger charge is -2.35. The highest BCUT2D eigenvalue weighted by Crippen LogP contribution is 2.39. The van der Waals surface area contributed by atoms with Crippen LogP contribution >= 0.6 is 0 Å². The first kappa shape index (κ1) is 23.0. The number of rotatable bonds is 8. The number of fused-ring (bicyclic) bond motifs is 1. The van der Waals surface area contributed by atoms with Crippen LogP contribution in [0.2, 0.25) is 0 Å². The molecule has 0 amide bonds. The van der Waals surface area contributed by atoms with Gasteiger partial charge in [0.2, 0.25) is 0 Å². The van der Waals surface area contributed by atoms with Gasteiger partial charge in [-0.1, -0.05) is 106 Å². The predicted molar refractivity (Wildman–Crippen MR) is 127 cm³/mol. The number of hydrogen-bond acceptors (Lipinski definition) is 0. The Balaban J connectivity index is 2.43. The lowest BCUT2D eigenvalue weighted by Crippen LogP contribution is -2.28.